The Bertz CT molecular complexity index is 1410. The van der Waals surface area contributed by atoms with Gasteiger partial charge in [-0.3, -0.25) is 14.2 Å². The second kappa shape index (κ2) is 8.84. The molecule has 0 radical (unpaired) electrons. The molecule has 8 heteroatoms. The van der Waals surface area contributed by atoms with Gasteiger partial charge in [0.1, 0.15) is 17.0 Å². The monoisotopic (exact) mass is 449 g/mol. The van der Waals surface area contributed by atoms with E-state index in [1.54, 1.807) is 41.8 Å². The summed E-state index contributed by atoms with van der Waals surface area (Å²) in [5, 5.41) is 4.56. The maximum Gasteiger partial charge on any atom is 0.336 e. The number of aryl methyl sites for hydroxylation is 2. The van der Waals surface area contributed by atoms with Crippen LogP contribution in [-0.2, 0) is 11.3 Å². The molecule has 2 aromatic heterocycles. The lowest BCUT2D eigenvalue weighted by molar-refractivity contribution is -0.116. The van der Waals surface area contributed by atoms with Gasteiger partial charge in [0.25, 0.3) is 5.56 Å². The zero-order chi connectivity index (χ0) is 22.8. The summed E-state index contributed by atoms with van der Waals surface area (Å²) in [6.45, 7) is 5.90. The van der Waals surface area contributed by atoms with Crippen molar-refractivity contribution in [3.8, 4) is 11.4 Å². The summed E-state index contributed by atoms with van der Waals surface area (Å²) in [6, 6.07) is 14.4. The third kappa shape index (κ3) is 4.09. The number of fused-ring (bicyclic) bond motifs is 1. The first-order valence-corrected chi connectivity index (χ1v) is 11.1. The third-order valence-corrected chi connectivity index (χ3v) is 5.87. The molecule has 7 nitrogen and oxygen atoms in total. The number of para-hydroxylation sites is 2. The molecule has 0 saturated heterocycles. The molecule has 32 heavy (non-hydrogen) atoms. The predicted molar refractivity (Wildman–Crippen MR) is 127 cm³/mol. The number of benzene rings is 2. The van der Waals surface area contributed by atoms with Crippen LogP contribution in [-0.4, -0.2) is 21.6 Å². The van der Waals surface area contributed by atoms with Crippen LogP contribution in [0.1, 0.15) is 18.1 Å². The first-order chi connectivity index (χ1) is 15.4. The van der Waals surface area contributed by atoms with Gasteiger partial charge >= 0.3 is 5.69 Å². The van der Waals surface area contributed by atoms with Crippen molar-refractivity contribution in [2.75, 3.05) is 11.9 Å². The molecular weight excluding hydrogens is 426 g/mol. The molecule has 0 aliphatic carbocycles. The van der Waals surface area contributed by atoms with Gasteiger partial charge in [-0.1, -0.05) is 18.2 Å². The number of thiophene rings is 1. The number of aromatic nitrogens is 2. The van der Waals surface area contributed by atoms with Gasteiger partial charge in [0.2, 0.25) is 5.91 Å². The smallest absolute Gasteiger partial charge is 0.336 e. The summed E-state index contributed by atoms with van der Waals surface area (Å²) >= 11 is 1.25. The molecular formula is C24H23N3O4S. The van der Waals surface area contributed by atoms with Crippen LogP contribution in [0.3, 0.4) is 0 Å². The van der Waals surface area contributed by atoms with Gasteiger partial charge in [-0.05, 0) is 67.6 Å². The number of hydrogen-bond acceptors (Lipinski definition) is 5. The van der Waals surface area contributed by atoms with Crippen molar-refractivity contribution in [1.82, 2.24) is 9.13 Å². The number of nitrogens with zero attached hydrogens (tertiary/aromatic N) is 2. The lowest BCUT2D eigenvalue weighted by Crippen LogP contribution is -2.40. The summed E-state index contributed by atoms with van der Waals surface area (Å²) in [4.78, 5) is 39.4. The van der Waals surface area contributed by atoms with Crippen LogP contribution in [0.4, 0.5) is 5.69 Å². The number of hydrogen-bond donors (Lipinski definition) is 1. The average Bonchev–Trinajstić information content (AvgIpc) is 3.22. The van der Waals surface area contributed by atoms with E-state index in [1.807, 2.05) is 32.9 Å². The minimum absolute atomic E-state index is 0.238. The molecule has 4 rings (SSSR count). The van der Waals surface area contributed by atoms with Crippen molar-refractivity contribution in [2.24, 2.45) is 0 Å². The lowest BCUT2D eigenvalue weighted by atomic mass is 10.1. The van der Waals surface area contributed by atoms with E-state index in [9.17, 15) is 14.4 Å². The van der Waals surface area contributed by atoms with Crippen LogP contribution in [0.15, 0.2) is 63.5 Å². The van der Waals surface area contributed by atoms with Crippen molar-refractivity contribution in [1.29, 1.82) is 0 Å². The van der Waals surface area contributed by atoms with E-state index in [2.05, 4.69) is 5.32 Å². The normalized spacial score (nSPS) is 11.0. The fourth-order valence-electron chi connectivity index (χ4n) is 3.73. The minimum Gasteiger partial charge on any atom is -0.492 e. The predicted octanol–water partition coefficient (Wildman–Crippen LogP) is 3.87. The Labute approximate surface area is 188 Å². The highest BCUT2D eigenvalue weighted by Gasteiger charge is 2.18. The van der Waals surface area contributed by atoms with Crippen LogP contribution in [0.5, 0.6) is 5.75 Å². The minimum atomic E-state index is -0.556. The first-order valence-electron chi connectivity index (χ1n) is 10.2. The molecule has 0 unspecified atom stereocenters. The summed E-state index contributed by atoms with van der Waals surface area (Å²) in [5.41, 5.74) is 2.39. The van der Waals surface area contributed by atoms with Crippen LogP contribution in [0.25, 0.3) is 15.9 Å². The van der Waals surface area contributed by atoms with E-state index in [0.29, 0.717) is 33.9 Å². The summed E-state index contributed by atoms with van der Waals surface area (Å²) in [5.74, 6) is 0.161. The number of amides is 1. The van der Waals surface area contributed by atoms with Gasteiger partial charge in [-0.2, -0.15) is 0 Å². The fourth-order valence-corrected chi connectivity index (χ4v) is 4.56. The standard InChI is InChI=1S/C24H23N3O4S/c1-4-31-20-8-6-5-7-18(20)25-21(28)14-26-19-9-10-32-22(19)23(29)27(24(26)30)17-12-15(2)11-16(3)13-17/h5-13H,4,14H2,1-3H3,(H,25,28). The van der Waals surface area contributed by atoms with Gasteiger partial charge in [0.15, 0.2) is 0 Å². The maximum atomic E-state index is 13.4. The van der Waals surface area contributed by atoms with Crippen LogP contribution < -0.4 is 21.3 Å². The number of anilines is 1. The quantitative estimate of drug-likeness (QED) is 0.485. The van der Waals surface area contributed by atoms with Crippen molar-refractivity contribution in [3.63, 3.8) is 0 Å². The van der Waals surface area contributed by atoms with E-state index in [-0.39, 0.29) is 12.1 Å². The number of carbonyl (C=O) groups is 1. The van der Waals surface area contributed by atoms with E-state index in [1.165, 1.54) is 15.9 Å². The molecule has 0 fully saturated rings. The lowest BCUT2D eigenvalue weighted by Gasteiger charge is -2.14. The molecule has 0 aliphatic rings. The second-order valence-corrected chi connectivity index (χ2v) is 8.38. The zero-order valence-electron chi connectivity index (χ0n) is 18.0. The molecule has 0 spiro atoms. The Morgan fingerprint density at radius 2 is 1.78 bits per heavy atom. The van der Waals surface area contributed by atoms with Crippen LogP contribution in [0.2, 0.25) is 0 Å². The number of rotatable bonds is 6. The summed E-state index contributed by atoms with van der Waals surface area (Å²) < 4.78 is 8.46. The van der Waals surface area contributed by atoms with Crippen molar-refractivity contribution < 1.29 is 9.53 Å². The summed E-state index contributed by atoms with van der Waals surface area (Å²) in [6.07, 6.45) is 0. The molecule has 0 bridgehead atoms. The van der Waals surface area contributed by atoms with Crippen LogP contribution in [0, 0.1) is 13.8 Å². The highest BCUT2D eigenvalue weighted by molar-refractivity contribution is 7.17. The molecule has 0 aliphatic heterocycles. The highest BCUT2D eigenvalue weighted by atomic mass is 32.1. The molecule has 164 valence electrons. The van der Waals surface area contributed by atoms with E-state index >= 15 is 0 Å². The van der Waals surface area contributed by atoms with Crippen molar-refractivity contribution >= 4 is 33.1 Å². The van der Waals surface area contributed by atoms with Crippen molar-refractivity contribution in [2.45, 2.75) is 27.3 Å². The topological polar surface area (TPSA) is 82.3 Å². The Morgan fingerprint density at radius 3 is 2.50 bits per heavy atom. The largest absolute Gasteiger partial charge is 0.492 e. The number of ether oxygens (including phenoxy) is 1. The Balaban J connectivity index is 1.78. The highest BCUT2D eigenvalue weighted by Crippen LogP contribution is 2.24. The molecule has 1 N–H and O–H groups in total. The molecule has 2 heterocycles. The molecule has 1 amide bonds. The molecule has 2 aromatic carbocycles. The maximum absolute atomic E-state index is 13.4. The van der Waals surface area contributed by atoms with Crippen LogP contribution >= 0.6 is 11.3 Å². The number of nitrogens with one attached hydrogen (secondary N) is 1. The summed E-state index contributed by atoms with van der Waals surface area (Å²) in [7, 11) is 0. The SMILES string of the molecule is CCOc1ccccc1NC(=O)Cn1c(=O)n(-c2cc(C)cc(C)c2)c(=O)c2sccc21. The zero-order valence-corrected chi connectivity index (χ0v) is 18.9. The van der Waals surface area contributed by atoms with E-state index in [0.717, 1.165) is 15.7 Å². The first kappa shape index (κ1) is 21.6. The molecule has 0 saturated carbocycles. The van der Waals surface area contributed by atoms with Gasteiger partial charge in [0.05, 0.1) is 23.5 Å². The fraction of sp³-hybridized carbons (Fsp3) is 0.208. The average molecular weight is 450 g/mol. The third-order valence-electron chi connectivity index (χ3n) is 4.98. The Hall–Kier alpha value is -3.65. The molecule has 0 atom stereocenters. The number of carbonyl (C=O) groups excluding carboxylic acids is 1. The van der Waals surface area contributed by atoms with E-state index in [4.69, 9.17) is 4.74 Å². The van der Waals surface area contributed by atoms with Gasteiger partial charge < -0.3 is 10.1 Å². The molecule has 4 aromatic rings. The van der Waals surface area contributed by atoms with Gasteiger partial charge in [-0.15, -0.1) is 11.3 Å². The Morgan fingerprint density at radius 1 is 1.06 bits per heavy atom. The van der Waals surface area contributed by atoms with Crippen molar-refractivity contribution in [3.05, 3.63) is 85.9 Å². The van der Waals surface area contributed by atoms with E-state index < -0.39 is 11.6 Å². The Kier molecular flexibility index (Phi) is 5.96. The van der Waals surface area contributed by atoms with Gasteiger partial charge in [0, 0.05) is 0 Å². The van der Waals surface area contributed by atoms with Gasteiger partial charge in [-0.25, -0.2) is 9.36 Å². The second-order valence-electron chi connectivity index (χ2n) is 7.47.